The van der Waals surface area contributed by atoms with Gasteiger partial charge in [-0.1, -0.05) is 30.3 Å². The molecule has 39 heavy (non-hydrogen) atoms. The van der Waals surface area contributed by atoms with Crippen molar-refractivity contribution in [1.29, 1.82) is 0 Å². The van der Waals surface area contributed by atoms with E-state index in [4.69, 9.17) is 9.72 Å². The summed E-state index contributed by atoms with van der Waals surface area (Å²) >= 11 is 0. The number of methoxy groups -OCH3 is 1. The first-order valence-electron chi connectivity index (χ1n) is 12.3. The molecule has 0 spiro atoms. The van der Waals surface area contributed by atoms with Crippen molar-refractivity contribution in [3.8, 4) is 28.1 Å². The molecule has 0 aliphatic carbocycles. The van der Waals surface area contributed by atoms with E-state index < -0.39 is 0 Å². The molecule has 6 rings (SSSR count). The molecule has 9 nitrogen and oxygen atoms in total. The Labute approximate surface area is 224 Å². The Morgan fingerprint density at radius 2 is 1.82 bits per heavy atom. The van der Waals surface area contributed by atoms with Crippen molar-refractivity contribution < 1.29 is 9.53 Å². The molecule has 192 valence electrons. The van der Waals surface area contributed by atoms with Crippen molar-refractivity contribution in [2.45, 2.75) is 6.92 Å². The highest BCUT2D eigenvalue weighted by atomic mass is 16.5. The van der Waals surface area contributed by atoms with Crippen LogP contribution in [0.15, 0.2) is 97.7 Å². The molecular formula is C30H25N7O2. The number of rotatable bonds is 7. The number of carbonyl (C=O) groups is 1. The van der Waals surface area contributed by atoms with E-state index in [1.54, 1.807) is 25.6 Å². The topological polar surface area (TPSA) is 109 Å². The molecular weight excluding hydrogens is 490 g/mol. The van der Waals surface area contributed by atoms with Gasteiger partial charge in [-0.25, -0.2) is 9.97 Å². The van der Waals surface area contributed by atoms with Crippen molar-refractivity contribution in [1.82, 2.24) is 24.6 Å². The molecule has 3 heterocycles. The maximum atomic E-state index is 13.1. The highest BCUT2D eigenvalue weighted by Gasteiger charge is 2.13. The summed E-state index contributed by atoms with van der Waals surface area (Å²) in [7, 11) is 1.65. The minimum Gasteiger partial charge on any atom is -0.496 e. The van der Waals surface area contributed by atoms with E-state index in [0.717, 1.165) is 33.7 Å². The largest absolute Gasteiger partial charge is 0.496 e. The van der Waals surface area contributed by atoms with Crippen LogP contribution >= 0.6 is 0 Å². The molecule has 0 unspecified atom stereocenters. The second-order valence-corrected chi connectivity index (χ2v) is 9.04. The predicted octanol–water partition coefficient (Wildman–Crippen LogP) is 6.10. The van der Waals surface area contributed by atoms with Gasteiger partial charge < -0.3 is 19.8 Å². The Hall–Kier alpha value is -5.44. The maximum Gasteiger partial charge on any atom is 0.255 e. The van der Waals surface area contributed by atoms with Crippen LogP contribution in [0.3, 0.4) is 0 Å². The molecule has 3 N–H and O–H groups in total. The number of aryl methyl sites for hydroxylation is 1. The molecule has 3 aromatic heterocycles. The van der Waals surface area contributed by atoms with Gasteiger partial charge >= 0.3 is 0 Å². The van der Waals surface area contributed by atoms with Crippen molar-refractivity contribution >= 4 is 28.7 Å². The summed E-state index contributed by atoms with van der Waals surface area (Å²) < 4.78 is 7.37. The molecule has 0 saturated heterocycles. The lowest BCUT2D eigenvalue weighted by Gasteiger charge is -2.12. The number of amides is 1. The van der Waals surface area contributed by atoms with Crippen LogP contribution in [0.5, 0.6) is 5.75 Å². The van der Waals surface area contributed by atoms with Crippen molar-refractivity contribution in [2.75, 3.05) is 17.7 Å². The number of nitrogens with one attached hydrogen (secondary N) is 3. The highest BCUT2D eigenvalue weighted by Crippen LogP contribution is 2.28. The van der Waals surface area contributed by atoms with E-state index in [1.807, 2.05) is 90.6 Å². The average molecular weight is 516 g/mol. The van der Waals surface area contributed by atoms with Gasteiger partial charge in [0.1, 0.15) is 5.75 Å². The third-order valence-electron chi connectivity index (χ3n) is 6.44. The third kappa shape index (κ3) is 4.93. The summed E-state index contributed by atoms with van der Waals surface area (Å²) in [5, 5.41) is 13.1. The lowest BCUT2D eigenvalue weighted by atomic mass is 10.1. The van der Waals surface area contributed by atoms with E-state index in [2.05, 4.69) is 25.8 Å². The number of H-pyrrole nitrogens is 1. The molecule has 0 radical (unpaired) electrons. The van der Waals surface area contributed by atoms with Gasteiger partial charge in [-0.05, 0) is 48.4 Å². The number of benzene rings is 3. The van der Waals surface area contributed by atoms with E-state index in [-0.39, 0.29) is 5.91 Å². The number of ether oxygens (including phenoxy) is 1. The van der Waals surface area contributed by atoms with Crippen molar-refractivity contribution in [3.05, 3.63) is 109 Å². The first-order valence-corrected chi connectivity index (χ1v) is 12.3. The SMILES string of the molecule is COc1cc(Nc2nc(-c3cccc(C(=O)Nc4ccc(-c5cn[nH]c5)cc4)c3)cn3ccnc23)ccc1C. The van der Waals surface area contributed by atoms with Crippen LogP contribution in [0, 0.1) is 6.92 Å². The first-order chi connectivity index (χ1) is 19.1. The summed E-state index contributed by atoms with van der Waals surface area (Å²) in [6.45, 7) is 1.99. The number of nitrogens with zero attached hydrogens (tertiary/aromatic N) is 4. The summed E-state index contributed by atoms with van der Waals surface area (Å²) in [6.07, 6.45) is 9.07. The number of hydrogen-bond acceptors (Lipinski definition) is 6. The Morgan fingerprint density at radius 1 is 0.974 bits per heavy atom. The van der Waals surface area contributed by atoms with Crippen LogP contribution in [0.2, 0.25) is 0 Å². The van der Waals surface area contributed by atoms with Crippen LogP contribution in [-0.4, -0.2) is 37.6 Å². The van der Waals surface area contributed by atoms with Gasteiger partial charge in [0, 0.05) is 58.9 Å². The Kier molecular flexibility index (Phi) is 6.22. The number of fused-ring (bicyclic) bond motifs is 1. The van der Waals surface area contributed by atoms with Crippen LogP contribution < -0.4 is 15.4 Å². The molecule has 0 bridgehead atoms. The zero-order valence-electron chi connectivity index (χ0n) is 21.3. The fourth-order valence-corrected chi connectivity index (χ4v) is 4.37. The first kappa shape index (κ1) is 23.9. The fourth-order valence-electron chi connectivity index (χ4n) is 4.37. The van der Waals surface area contributed by atoms with Crippen LogP contribution in [0.25, 0.3) is 28.0 Å². The van der Waals surface area contributed by atoms with Crippen molar-refractivity contribution in [3.63, 3.8) is 0 Å². The lowest BCUT2D eigenvalue weighted by molar-refractivity contribution is 0.102. The smallest absolute Gasteiger partial charge is 0.255 e. The highest BCUT2D eigenvalue weighted by molar-refractivity contribution is 6.05. The molecule has 0 saturated carbocycles. The van der Waals surface area contributed by atoms with Crippen molar-refractivity contribution in [2.24, 2.45) is 0 Å². The molecule has 0 aliphatic rings. The van der Waals surface area contributed by atoms with Gasteiger partial charge in [0.05, 0.1) is 19.0 Å². The molecule has 1 amide bonds. The number of anilines is 3. The quantitative estimate of drug-likeness (QED) is 0.237. The molecule has 3 aromatic carbocycles. The maximum absolute atomic E-state index is 13.1. The second kappa shape index (κ2) is 10.1. The fraction of sp³-hybridized carbons (Fsp3) is 0.0667. The van der Waals surface area contributed by atoms with Gasteiger partial charge in [-0.2, -0.15) is 5.10 Å². The number of imidazole rings is 1. The molecule has 0 fully saturated rings. The van der Waals surface area contributed by atoms with E-state index >= 15 is 0 Å². The van der Waals surface area contributed by atoms with E-state index in [9.17, 15) is 4.79 Å². The third-order valence-corrected chi connectivity index (χ3v) is 6.44. The summed E-state index contributed by atoms with van der Waals surface area (Å²) in [6, 6.07) is 20.9. The molecule has 0 aliphatic heterocycles. The average Bonchev–Trinajstić information content (AvgIpc) is 3.67. The Balaban J connectivity index is 1.27. The zero-order valence-corrected chi connectivity index (χ0v) is 21.3. The van der Waals surface area contributed by atoms with Crippen LogP contribution in [0.4, 0.5) is 17.2 Å². The lowest BCUT2D eigenvalue weighted by Crippen LogP contribution is -2.11. The van der Waals surface area contributed by atoms with Gasteiger partial charge in [0.25, 0.3) is 5.91 Å². The molecule has 9 heteroatoms. The second-order valence-electron chi connectivity index (χ2n) is 9.04. The summed E-state index contributed by atoms with van der Waals surface area (Å²) in [4.78, 5) is 22.4. The minimum absolute atomic E-state index is 0.207. The Morgan fingerprint density at radius 3 is 2.62 bits per heavy atom. The van der Waals surface area contributed by atoms with Crippen LogP contribution in [-0.2, 0) is 0 Å². The molecule has 0 atom stereocenters. The Bertz CT molecular complexity index is 1770. The predicted molar refractivity (Wildman–Crippen MR) is 151 cm³/mol. The van der Waals surface area contributed by atoms with E-state index in [0.29, 0.717) is 28.4 Å². The van der Waals surface area contributed by atoms with E-state index in [1.165, 1.54) is 0 Å². The van der Waals surface area contributed by atoms with Gasteiger partial charge in [0.2, 0.25) is 0 Å². The summed E-state index contributed by atoms with van der Waals surface area (Å²) in [5.41, 5.74) is 7.29. The standard InChI is InChI=1S/C30H25N7O2/c1-19-6-9-25(15-27(19)39-2)34-28-29-31-12-13-37(29)18-26(36-28)21-4-3-5-22(14-21)30(38)35-24-10-7-20(8-11-24)23-16-32-33-17-23/h3-18H,1-2H3,(H,32,33)(H,34,36)(H,35,38). The number of hydrogen-bond donors (Lipinski definition) is 3. The monoisotopic (exact) mass is 515 g/mol. The summed E-state index contributed by atoms with van der Waals surface area (Å²) in [5.74, 6) is 1.17. The normalized spacial score (nSPS) is 10.9. The number of aromatic amines is 1. The minimum atomic E-state index is -0.207. The zero-order chi connectivity index (χ0) is 26.8. The van der Waals surface area contributed by atoms with Gasteiger partial charge in [0.15, 0.2) is 11.5 Å². The van der Waals surface area contributed by atoms with Crippen LogP contribution in [0.1, 0.15) is 15.9 Å². The number of carbonyl (C=O) groups excluding carboxylic acids is 1. The molecule has 6 aromatic rings. The number of aromatic nitrogens is 5. The van der Waals surface area contributed by atoms with Gasteiger partial charge in [-0.15, -0.1) is 0 Å². The van der Waals surface area contributed by atoms with Gasteiger partial charge in [-0.3, -0.25) is 9.89 Å².